The zero-order valence-electron chi connectivity index (χ0n) is 12.0. The van der Waals surface area contributed by atoms with Crippen molar-refractivity contribution in [2.75, 3.05) is 7.11 Å². The second-order valence-corrected chi connectivity index (χ2v) is 5.39. The number of pyridine rings is 1. The van der Waals surface area contributed by atoms with Crippen LogP contribution in [0.5, 0.6) is 11.5 Å². The van der Waals surface area contributed by atoms with Crippen LogP contribution in [0.3, 0.4) is 0 Å². The predicted molar refractivity (Wildman–Crippen MR) is 86.5 cm³/mol. The van der Waals surface area contributed by atoms with Crippen molar-refractivity contribution in [2.24, 2.45) is 0 Å². The highest BCUT2D eigenvalue weighted by molar-refractivity contribution is 9.10. The second-order valence-electron chi connectivity index (χ2n) is 4.48. The zero-order valence-corrected chi connectivity index (χ0v) is 13.6. The summed E-state index contributed by atoms with van der Waals surface area (Å²) >= 11 is 3.22. The first-order valence-corrected chi connectivity index (χ1v) is 7.20. The van der Waals surface area contributed by atoms with Crippen LogP contribution in [0.25, 0.3) is 6.08 Å². The third-order valence-electron chi connectivity index (χ3n) is 2.97. The number of phenolic OH excluding ortho intramolecular Hbond substituents is 1. The standard InChI is InChI=1S/C16H12BrNO5/c1-23-11-4-5-12(14(19)7-11)15(20)13(16(21)22)6-10-3-2-9(17)8-18-10/h2-8,19H,1H3,(H,21,22)/b13-6+. The van der Waals surface area contributed by atoms with E-state index in [4.69, 9.17) is 4.74 Å². The van der Waals surface area contributed by atoms with Crippen LogP contribution in [-0.4, -0.2) is 34.1 Å². The molecule has 7 heteroatoms. The van der Waals surface area contributed by atoms with Crippen LogP contribution < -0.4 is 4.74 Å². The number of phenols is 1. The number of aromatic nitrogens is 1. The van der Waals surface area contributed by atoms with Crippen LogP contribution in [0.1, 0.15) is 16.1 Å². The van der Waals surface area contributed by atoms with Gasteiger partial charge in [-0.15, -0.1) is 0 Å². The monoisotopic (exact) mass is 377 g/mol. The number of nitrogens with zero attached hydrogens (tertiary/aromatic N) is 1. The van der Waals surface area contributed by atoms with Crippen LogP contribution in [0.4, 0.5) is 0 Å². The Kier molecular flexibility index (Phi) is 5.13. The third-order valence-corrected chi connectivity index (χ3v) is 3.44. The minimum absolute atomic E-state index is 0.128. The van der Waals surface area contributed by atoms with Crippen LogP contribution in [0, 0.1) is 0 Å². The van der Waals surface area contributed by atoms with Crippen molar-refractivity contribution in [3.8, 4) is 11.5 Å². The Morgan fingerprint density at radius 1 is 1.26 bits per heavy atom. The number of carbonyl (C=O) groups excluding carboxylic acids is 1. The molecular weight excluding hydrogens is 366 g/mol. The summed E-state index contributed by atoms with van der Waals surface area (Å²) in [5, 5.41) is 19.2. The molecule has 0 atom stereocenters. The van der Waals surface area contributed by atoms with Gasteiger partial charge >= 0.3 is 5.97 Å². The maximum atomic E-state index is 12.4. The molecule has 6 nitrogen and oxygen atoms in total. The van der Waals surface area contributed by atoms with Crippen molar-refractivity contribution in [2.45, 2.75) is 0 Å². The predicted octanol–water partition coefficient (Wildman–Crippen LogP) is 2.91. The van der Waals surface area contributed by atoms with Crippen molar-refractivity contribution in [1.82, 2.24) is 4.98 Å². The number of rotatable bonds is 5. The lowest BCUT2D eigenvalue weighted by Crippen LogP contribution is -2.13. The van der Waals surface area contributed by atoms with Crippen molar-refractivity contribution in [3.05, 3.63) is 57.8 Å². The number of Topliss-reactive ketones (excluding diaryl/α,β-unsaturated/α-hetero) is 1. The van der Waals surface area contributed by atoms with E-state index in [1.807, 2.05) is 0 Å². The summed E-state index contributed by atoms with van der Waals surface area (Å²) in [6.07, 6.45) is 2.64. The highest BCUT2D eigenvalue weighted by Crippen LogP contribution is 2.26. The fourth-order valence-corrected chi connectivity index (χ4v) is 2.05. The molecule has 0 aliphatic rings. The molecule has 1 aromatic heterocycles. The molecular formula is C16H12BrNO5. The molecule has 0 aliphatic heterocycles. The molecule has 0 fully saturated rings. The van der Waals surface area contributed by atoms with Crippen molar-refractivity contribution >= 4 is 33.8 Å². The Labute approximate surface area is 140 Å². The number of halogens is 1. The number of methoxy groups -OCH3 is 1. The number of aromatic hydroxyl groups is 1. The van der Waals surface area contributed by atoms with E-state index >= 15 is 0 Å². The molecule has 2 N–H and O–H groups in total. The Morgan fingerprint density at radius 3 is 2.52 bits per heavy atom. The summed E-state index contributed by atoms with van der Waals surface area (Å²) in [5.41, 5.74) is -0.316. The first-order chi connectivity index (χ1) is 10.9. The van der Waals surface area contributed by atoms with Crippen LogP contribution >= 0.6 is 15.9 Å². The number of ketones is 1. The number of aliphatic carboxylic acids is 1. The number of carboxylic acid groups (broad SMARTS) is 1. The molecule has 2 aromatic rings. The maximum Gasteiger partial charge on any atom is 0.339 e. The summed E-state index contributed by atoms with van der Waals surface area (Å²) in [7, 11) is 1.41. The average molecular weight is 378 g/mol. The fraction of sp³-hybridized carbons (Fsp3) is 0.0625. The maximum absolute atomic E-state index is 12.4. The molecule has 118 valence electrons. The van der Waals surface area contributed by atoms with Crippen molar-refractivity contribution in [1.29, 1.82) is 0 Å². The summed E-state index contributed by atoms with van der Waals surface area (Å²) in [5.74, 6) is -2.22. The molecule has 0 saturated carbocycles. The van der Waals surface area contributed by atoms with Gasteiger partial charge in [0.2, 0.25) is 5.78 Å². The van der Waals surface area contributed by atoms with E-state index in [-0.39, 0.29) is 11.3 Å². The Hall–Kier alpha value is -2.67. The SMILES string of the molecule is COc1ccc(C(=O)/C(=C\c2ccc(Br)cn2)C(=O)O)c(O)c1. The van der Waals surface area contributed by atoms with Gasteiger partial charge in [0.15, 0.2) is 0 Å². The summed E-state index contributed by atoms with van der Waals surface area (Å²) < 4.78 is 5.66. The largest absolute Gasteiger partial charge is 0.507 e. The van der Waals surface area contributed by atoms with Gasteiger partial charge in [-0.2, -0.15) is 0 Å². The van der Waals surface area contributed by atoms with Crippen LogP contribution in [-0.2, 0) is 4.79 Å². The lowest BCUT2D eigenvalue weighted by Gasteiger charge is -2.07. The van der Waals surface area contributed by atoms with Crippen molar-refractivity contribution < 1.29 is 24.5 Å². The van der Waals surface area contributed by atoms with E-state index in [1.54, 1.807) is 12.1 Å². The smallest absolute Gasteiger partial charge is 0.339 e. The molecule has 0 radical (unpaired) electrons. The van der Waals surface area contributed by atoms with Crippen LogP contribution in [0.15, 0.2) is 46.6 Å². The summed E-state index contributed by atoms with van der Waals surface area (Å²) in [4.78, 5) is 27.8. The average Bonchev–Trinajstić information content (AvgIpc) is 2.53. The van der Waals surface area contributed by atoms with E-state index in [1.165, 1.54) is 31.5 Å². The zero-order chi connectivity index (χ0) is 17.0. The first kappa shape index (κ1) is 16.7. The fourth-order valence-electron chi connectivity index (χ4n) is 1.82. The van der Waals surface area contributed by atoms with Gasteiger partial charge < -0.3 is 14.9 Å². The summed E-state index contributed by atoms with van der Waals surface area (Å²) in [6, 6.07) is 7.25. The van der Waals surface area contributed by atoms with Gasteiger partial charge in [0, 0.05) is 16.7 Å². The van der Waals surface area contributed by atoms with Gasteiger partial charge in [-0.3, -0.25) is 9.78 Å². The molecule has 0 amide bonds. The molecule has 0 spiro atoms. The van der Waals surface area contributed by atoms with E-state index in [0.29, 0.717) is 11.4 Å². The molecule has 1 aromatic carbocycles. The summed E-state index contributed by atoms with van der Waals surface area (Å²) in [6.45, 7) is 0. The molecule has 2 rings (SSSR count). The number of ether oxygens (including phenoxy) is 1. The Morgan fingerprint density at radius 2 is 2.00 bits per heavy atom. The van der Waals surface area contributed by atoms with Gasteiger partial charge in [-0.1, -0.05) is 0 Å². The number of hydrogen-bond acceptors (Lipinski definition) is 5. The number of hydrogen-bond donors (Lipinski definition) is 2. The minimum Gasteiger partial charge on any atom is -0.507 e. The van der Waals surface area contributed by atoms with Gasteiger partial charge in [-0.05, 0) is 46.3 Å². The number of carbonyl (C=O) groups is 2. The first-order valence-electron chi connectivity index (χ1n) is 6.40. The van der Waals surface area contributed by atoms with E-state index in [9.17, 15) is 19.8 Å². The number of benzene rings is 1. The third kappa shape index (κ3) is 3.95. The van der Waals surface area contributed by atoms with Gasteiger partial charge in [-0.25, -0.2) is 4.79 Å². The normalized spacial score (nSPS) is 11.1. The van der Waals surface area contributed by atoms with E-state index in [2.05, 4.69) is 20.9 Å². The second kappa shape index (κ2) is 7.06. The lowest BCUT2D eigenvalue weighted by atomic mass is 10.0. The molecule has 0 aliphatic carbocycles. The quantitative estimate of drug-likeness (QED) is 0.360. The molecule has 0 unspecified atom stereocenters. The number of carboxylic acids is 1. The van der Waals surface area contributed by atoms with Gasteiger partial charge in [0.05, 0.1) is 18.4 Å². The molecule has 0 saturated heterocycles. The van der Waals surface area contributed by atoms with E-state index < -0.39 is 17.3 Å². The van der Waals surface area contributed by atoms with Gasteiger partial charge in [0.25, 0.3) is 0 Å². The minimum atomic E-state index is -1.41. The highest BCUT2D eigenvalue weighted by Gasteiger charge is 2.22. The lowest BCUT2D eigenvalue weighted by molar-refractivity contribution is -0.132. The highest BCUT2D eigenvalue weighted by atomic mass is 79.9. The van der Waals surface area contributed by atoms with E-state index in [0.717, 1.165) is 10.5 Å². The Balaban J connectivity index is 2.43. The molecule has 1 heterocycles. The Bertz CT molecular complexity index is 784. The molecule has 0 bridgehead atoms. The van der Waals surface area contributed by atoms with Gasteiger partial charge in [0.1, 0.15) is 17.1 Å². The van der Waals surface area contributed by atoms with Crippen LogP contribution in [0.2, 0.25) is 0 Å². The molecule has 23 heavy (non-hydrogen) atoms. The topological polar surface area (TPSA) is 96.7 Å². The van der Waals surface area contributed by atoms with Crippen molar-refractivity contribution in [3.63, 3.8) is 0 Å².